The minimum absolute atomic E-state index is 0.0420. The fourth-order valence-corrected chi connectivity index (χ4v) is 1.96. The lowest BCUT2D eigenvalue weighted by molar-refractivity contribution is 0.0885. The predicted octanol–water partition coefficient (Wildman–Crippen LogP) is 2.50. The molecule has 0 spiro atoms. The zero-order valence-electron chi connectivity index (χ0n) is 9.35. The third-order valence-electron chi connectivity index (χ3n) is 2.30. The van der Waals surface area contributed by atoms with E-state index in [1.165, 1.54) is 6.26 Å². The number of hydrogen-bond acceptors (Lipinski definition) is 3. The Labute approximate surface area is 118 Å². The summed E-state index contributed by atoms with van der Waals surface area (Å²) in [6.07, 6.45) is 1.41. The van der Waals surface area contributed by atoms with Crippen molar-refractivity contribution in [1.29, 1.82) is 0 Å². The zero-order valence-corrected chi connectivity index (χ0v) is 11.5. The molecular formula is C13H10INO3. The Kier molecular flexibility index (Phi) is 4.14. The van der Waals surface area contributed by atoms with Crippen LogP contribution in [0.2, 0.25) is 0 Å². The third-order valence-corrected chi connectivity index (χ3v) is 2.97. The SMILES string of the molecule is O=C(CNC(=O)c1ccco1)c1cccc(I)c1. The van der Waals surface area contributed by atoms with Crippen LogP contribution in [0.5, 0.6) is 0 Å². The number of carbonyl (C=O) groups excluding carboxylic acids is 2. The molecule has 2 rings (SSSR count). The van der Waals surface area contributed by atoms with Gasteiger partial charge in [0.2, 0.25) is 0 Å². The number of rotatable bonds is 4. The fourth-order valence-electron chi connectivity index (χ4n) is 1.42. The molecule has 0 bridgehead atoms. The first-order valence-corrected chi connectivity index (χ1v) is 6.35. The van der Waals surface area contributed by atoms with Crippen LogP contribution < -0.4 is 5.32 Å². The second-order valence-corrected chi connectivity index (χ2v) is 4.84. The fraction of sp³-hybridized carbons (Fsp3) is 0.0769. The highest BCUT2D eigenvalue weighted by Crippen LogP contribution is 2.08. The minimum Gasteiger partial charge on any atom is -0.459 e. The summed E-state index contributed by atoms with van der Waals surface area (Å²) in [7, 11) is 0. The highest BCUT2D eigenvalue weighted by molar-refractivity contribution is 14.1. The highest BCUT2D eigenvalue weighted by atomic mass is 127. The minimum atomic E-state index is -0.390. The molecule has 0 saturated carbocycles. The molecule has 1 heterocycles. The average Bonchev–Trinajstić information content (AvgIpc) is 2.89. The maximum atomic E-state index is 11.8. The van der Waals surface area contributed by atoms with Crippen LogP contribution >= 0.6 is 22.6 Å². The number of benzene rings is 1. The van der Waals surface area contributed by atoms with Crippen molar-refractivity contribution in [2.45, 2.75) is 0 Å². The third kappa shape index (κ3) is 3.19. The summed E-state index contributed by atoms with van der Waals surface area (Å²) in [6, 6.07) is 10.4. The summed E-state index contributed by atoms with van der Waals surface area (Å²) >= 11 is 2.13. The van der Waals surface area contributed by atoms with Gasteiger partial charge in [-0.05, 0) is 46.9 Å². The second-order valence-electron chi connectivity index (χ2n) is 3.59. The Bertz CT molecular complexity index is 563. The second kappa shape index (κ2) is 5.81. The van der Waals surface area contributed by atoms with Gasteiger partial charge in [-0.2, -0.15) is 0 Å². The van der Waals surface area contributed by atoms with Gasteiger partial charge in [0.15, 0.2) is 11.5 Å². The van der Waals surface area contributed by atoms with Gasteiger partial charge < -0.3 is 9.73 Å². The van der Waals surface area contributed by atoms with Gasteiger partial charge in [-0.25, -0.2) is 0 Å². The topological polar surface area (TPSA) is 59.3 Å². The van der Waals surface area contributed by atoms with Crippen LogP contribution in [0.15, 0.2) is 47.1 Å². The Morgan fingerprint density at radius 2 is 2.06 bits per heavy atom. The summed E-state index contributed by atoms with van der Waals surface area (Å²) < 4.78 is 5.91. The average molecular weight is 355 g/mol. The van der Waals surface area contributed by atoms with E-state index in [4.69, 9.17) is 4.42 Å². The molecule has 5 heteroatoms. The van der Waals surface area contributed by atoms with E-state index < -0.39 is 0 Å². The van der Waals surface area contributed by atoms with Crippen molar-refractivity contribution in [3.8, 4) is 0 Å². The number of halogens is 1. The smallest absolute Gasteiger partial charge is 0.287 e. The summed E-state index contributed by atoms with van der Waals surface area (Å²) in [5.74, 6) is -0.321. The molecule has 2 aromatic rings. The molecule has 0 aliphatic carbocycles. The molecule has 1 N–H and O–H groups in total. The van der Waals surface area contributed by atoms with E-state index in [0.717, 1.165) is 3.57 Å². The lowest BCUT2D eigenvalue weighted by atomic mass is 10.1. The van der Waals surface area contributed by atoms with Crippen LogP contribution in [-0.2, 0) is 0 Å². The molecule has 18 heavy (non-hydrogen) atoms. The lowest BCUT2D eigenvalue weighted by Crippen LogP contribution is -2.29. The van der Waals surface area contributed by atoms with Gasteiger partial charge in [0.25, 0.3) is 5.91 Å². The van der Waals surface area contributed by atoms with Crippen molar-refractivity contribution in [3.63, 3.8) is 0 Å². The first kappa shape index (κ1) is 12.8. The molecule has 0 aliphatic rings. The highest BCUT2D eigenvalue weighted by Gasteiger charge is 2.11. The molecule has 0 radical (unpaired) electrons. The van der Waals surface area contributed by atoms with E-state index in [0.29, 0.717) is 5.56 Å². The Morgan fingerprint density at radius 1 is 1.22 bits per heavy atom. The summed E-state index contributed by atoms with van der Waals surface area (Å²) in [4.78, 5) is 23.4. The molecule has 1 aromatic heterocycles. The largest absolute Gasteiger partial charge is 0.459 e. The maximum absolute atomic E-state index is 11.8. The number of furan rings is 1. The first-order chi connectivity index (χ1) is 8.66. The molecule has 4 nitrogen and oxygen atoms in total. The van der Waals surface area contributed by atoms with Crippen LogP contribution in [0.25, 0.3) is 0 Å². The number of amides is 1. The van der Waals surface area contributed by atoms with Crippen molar-refractivity contribution < 1.29 is 14.0 Å². The van der Waals surface area contributed by atoms with Crippen LogP contribution in [-0.4, -0.2) is 18.2 Å². The standard InChI is InChI=1S/C13H10INO3/c14-10-4-1-3-9(7-10)11(16)8-15-13(17)12-5-2-6-18-12/h1-7H,8H2,(H,15,17). The van der Waals surface area contributed by atoms with Gasteiger partial charge in [-0.3, -0.25) is 9.59 Å². The van der Waals surface area contributed by atoms with E-state index in [1.54, 1.807) is 24.3 Å². The van der Waals surface area contributed by atoms with E-state index in [9.17, 15) is 9.59 Å². The van der Waals surface area contributed by atoms with Crippen molar-refractivity contribution in [1.82, 2.24) is 5.32 Å². The van der Waals surface area contributed by atoms with E-state index in [1.807, 2.05) is 12.1 Å². The Balaban J connectivity index is 1.95. The number of nitrogens with one attached hydrogen (secondary N) is 1. The molecule has 1 amide bonds. The summed E-state index contributed by atoms with van der Waals surface area (Å²) in [5, 5.41) is 2.52. The monoisotopic (exact) mass is 355 g/mol. The van der Waals surface area contributed by atoms with Crippen molar-refractivity contribution in [2.24, 2.45) is 0 Å². The van der Waals surface area contributed by atoms with Gasteiger partial charge in [0, 0.05) is 9.13 Å². The van der Waals surface area contributed by atoms with E-state index >= 15 is 0 Å². The van der Waals surface area contributed by atoms with Crippen molar-refractivity contribution >= 4 is 34.3 Å². The summed E-state index contributed by atoms with van der Waals surface area (Å²) in [5.41, 5.74) is 0.585. The molecule has 92 valence electrons. The van der Waals surface area contributed by atoms with Gasteiger partial charge in [0.05, 0.1) is 12.8 Å². The number of carbonyl (C=O) groups is 2. The predicted molar refractivity (Wildman–Crippen MR) is 74.5 cm³/mol. The van der Waals surface area contributed by atoms with Gasteiger partial charge in [0.1, 0.15) is 0 Å². The quantitative estimate of drug-likeness (QED) is 0.677. The number of Topliss-reactive ketones (excluding diaryl/α,β-unsaturated/α-hetero) is 1. The number of ketones is 1. The van der Waals surface area contributed by atoms with Crippen molar-refractivity contribution in [3.05, 3.63) is 57.6 Å². The van der Waals surface area contributed by atoms with Gasteiger partial charge in [-0.15, -0.1) is 0 Å². The first-order valence-electron chi connectivity index (χ1n) is 5.27. The molecule has 0 aliphatic heterocycles. The molecule has 0 atom stereocenters. The van der Waals surface area contributed by atoms with Crippen LogP contribution in [0, 0.1) is 3.57 Å². The normalized spacial score (nSPS) is 10.1. The number of hydrogen-bond donors (Lipinski definition) is 1. The summed E-state index contributed by atoms with van der Waals surface area (Å²) in [6.45, 7) is -0.0420. The molecule has 0 saturated heterocycles. The Morgan fingerprint density at radius 3 is 2.72 bits per heavy atom. The van der Waals surface area contributed by atoms with E-state index in [-0.39, 0.29) is 24.0 Å². The lowest BCUT2D eigenvalue weighted by Gasteiger charge is -2.03. The van der Waals surface area contributed by atoms with Gasteiger partial charge >= 0.3 is 0 Å². The maximum Gasteiger partial charge on any atom is 0.287 e. The van der Waals surface area contributed by atoms with Gasteiger partial charge in [-0.1, -0.05) is 12.1 Å². The molecule has 0 unspecified atom stereocenters. The molecular weight excluding hydrogens is 345 g/mol. The molecule has 0 fully saturated rings. The zero-order chi connectivity index (χ0) is 13.0. The van der Waals surface area contributed by atoms with Crippen molar-refractivity contribution in [2.75, 3.05) is 6.54 Å². The van der Waals surface area contributed by atoms with Crippen LogP contribution in [0.3, 0.4) is 0 Å². The van der Waals surface area contributed by atoms with Crippen LogP contribution in [0.1, 0.15) is 20.9 Å². The van der Waals surface area contributed by atoms with E-state index in [2.05, 4.69) is 27.9 Å². The molecule has 1 aromatic carbocycles. The Hall–Kier alpha value is -1.63. The van der Waals surface area contributed by atoms with Crippen LogP contribution in [0.4, 0.5) is 0 Å².